The van der Waals surface area contributed by atoms with Gasteiger partial charge in [0.1, 0.15) is 6.61 Å². The van der Waals surface area contributed by atoms with Crippen molar-refractivity contribution < 1.29 is 9.53 Å². The number of unbranched alkanes of at least 4 members (excludes halogenated alkanes) is 16. The molecule has 0 radical (unpaired) electrons. The average Bonchev–Trinajstić information content (AvgIpc) is 3.44. The van der Waals surface area contributed by atoms with Gasteiger partial charge in [0.25, 0.3) is 0 Å². The maximum absolute atomic E-state index is 12.3. The molecule has 1 rings (SSSR count). The third kappa shape index (κ3) is 23.8. The third-order valence-electron chi connectivity index (χ3n) is 7.59. The van der Waals surface area contributed by atoms with Gasteiger partial charge in [-0.25, -0.2) is 4.79 Å². The zero-order valence-electron chi connectivity index (χ0n) is 25.5. The van der Waals surface area contributed by atoms with Gasteiger partial charge in [-0.3, -0.25) is 0 Å². The first-order valence-electron chi connectivity index (χ1n) is 16.6. The van der Waals surface area contributed by atoms with E-state index in [4.69, 9.17) is 4.74 Å². The van der Waals surface area contributed by atoms with E-state index in [1.165, 1.54) is 153 Å². The van der Waals surface area contributed by atoms with E-state index < -0.39 is 0 Å². The zero-order chi connectivity index (χ0) is 27.4. The molecular formula is C32H64N2O2S2. The number of hydrogen-bond acceptors (Lipinski definition) is 5. The highest BCUT2D eigenvalue weighted by atomic mass is 32.2. The molecule has 1 saturated heterocycles. The quantitative estimate of drug-likeness (QED) is 0.0945. The zero-order valence-corrected chi connectivity index (χ0v) is 27.1. The number of thioether (sulfide) groups is 2. The van der Waals surface area contributed by atoms with Crippen molar-refractivity contribution in [1.29, 1.82) is 0 Å². The fraction of sp³-hybridized carbons (Fsp3) is 0.969. The Hall–Kier alpha value is -0.0700. The molecule has 0 spiro atoms. The van der Waals surface area contributed by atoms with E-state index in [-0.39, 0.29) is 6.09 Å². The summed E-state index contributed by atoms with van der Waals surface area (Å²) < 4.78 is 5.66. The first-order valence-corrected chi connectivity index (χ1v) is 18.8. The van der Waals surface area contributed by atoms with Gasteiger partial charge in [-0.15, -0.1) is 0 Å². The van der Waals surface area contributed by atoms with E-state index in [0.717, 1.165) is 12.3 Å². The molecule has 38 heavy (non-hydrogen) atoms. The SMILES string of the molecule is CCCCCCCCCCCSCC(COC(=O)NCCN1CCCC1)SCCCCCCCCCCC. The first-order chi connectivity index (χ1) is 18.8. The van der Waals surface area contributed by atoms with E-state index in [1.807, 2.05) is 11.8 Å². The fourth-order valence-corrected chi connectivity index (χ4v) is 7.55. The molecule has 1 N–H and O–H groups in total. The van der Waals surface area contributed by atoms with Crippen LogP contribution >= 0.6 is 23.5 Å². The molecule has 1 unspecified atom stereocenters. The van der Waals surface area contributed by atoms with E-state index in [9.17, 15) is 4.79 Å². The number of amides is 1. The van der Waals surface area contributed by atoms with Crippen molar-refractivity contribution in [2.75, 3.05) is 50.0 Å². The Morgan fingerprint density at radius 1 is 0.737 bits per heavy atom. The smallest absolute Gasteiger partial charge is 0.407 e. The number of likely N-dealkylation sites (tertiary alicyclic amines) is 1. The van der Waals surface area contributed by atoms with E-state index >= 15 is 0 Å². The van der Waals surface area contributed by atoms with Crippen LogP contribution < -0.4 is 5.32 Å². The Balaban J connectivity index is 2.14. The van der Waals surface area contributed by atoms with Crippen LogP contribution in [-0.2, 0) is 4.74 Å². The number of rotatable bonds is 28. The summed E-state index contributed by atoms with van der Waals surface area (Å²) in [5, 5.41) is 3.38. The molecule has 0 saturated carbocycles. The van der Waals surface area contributed by atoms with Gasteiger partial charge < -0.3 is 15.0 Å². The van der Waals surface area contributed by atoms with Crippen LogP contribution in [0.2, 0.25) is 0 Å². The second-order valence-electron chi connectivity index (χ2n) is 11.3. The minimum atomic E-state index is -0.234. The predicted molar refractivity (Wildman–Crippen MR) is 173 cm³/mol. The number of nitrogens with zero attached hydrogens (tertiary/aromatic N) is 1. The number of nitrogens with one attached hydrogen (secondary N) is 1. The molecule has 1 atom stereocenters. The summed E-state index contributed by atoms with van der Waals surface area (Å²) in [6.07, 6.45) is 27.2. The van der Waals surface area contributed by atoms with Gasteiger partial charge in [-0.1, -0.05) is 117 Å². The lowest BCUT2D eigenvalue weighted by molar-refractivity contribution is 0.146. The molecule has 1 aliphatic heterocycles. The lowest BCUT2D eigenvalue weighted by Gasteiger charge is -2.18. The molecule has 1 fully saturated rings. The predicted octanol–water partition coefficient (Wildman–Crippen LogP) is 9.71. The van der Waals surface area contributed by atoms with Crippen LogP contribution in [0, 0.1) is 0 Å². The maximum atomic E-state index is 12.3. The summed E-state index contributed by atoms with van der Waals surface area (Å²) in [6.45, 7) is 9.10. The van der Waals surface area contributed by atoms with Crippen LogP contribution in [0.4, 0.5) is 4.79 Å². The van der Waals surface area contributed by atoms with Crippen LogP contribution in [0.25, 0.3) is 0 Å². The highest BCUT2D eigenvalue weighted by molar-refractivity contribution is 8.03. The van der Waals surface area contributed by atoms with Crippen molar-refractivity contribution in [2.45, 2.75) is 148 Å². The Morgan fingerprint density at radius 2 is 1.24 bits per heavy atom. The van der Waals surface area contributed by atoms with Crippen molar-refractivity contribution in [2.24, 2.45) is 0 Å². The highest BCUT2D eigenvalue weighted by Crippen LogP contribution is 2.21. The summed E-state index contributed by atoms with van der Waals surface area (Å²) in [6, 6.07) is 0. The molecule has 0 aromatic carbocycles. The van der Waals surface area contributed by atoms with Crippen LogP contribution in [0.3, 0.4) is 0 Å². The lowest BCUT2D eigenvalue weighted by atomic mass is 10.1. The molecule has 1 heterocycles. The van der Waals surface area contributed by atoms with Crippen molar-refractivity contribution >= 4 is 29.6 Å². The number of hydrogen-bond donors (Lipinski definition) is 1. The summed E-state index contributed by atoms with van der Waals surface area (Å²) >= 11 is 4.09. The van der Waals surface area contributed by atoms with Crippen molar-refractivity contribution in [3.8, 4) is 0 Å². The van der Waals surface area contributed by atoms with Gasteiger partial charge in [0.2, 0.25) is 0 Å². The van der Waals surface area contributed by atoms with E-state index in [0.29, 0.717) is 18.4 Å². The minimum absolute atomic E-state index is 0.234. The first kappa shape index (κ1) is 36.0. The Labute approximate surface area is 246 Å². The number of ether oxygens (including phenoxy) is 1. The Kier molecular flexibility index (Phi) is 26.9. The lowest BCUT2D eigenvalue weighted by Crippen LogP contribution is -2.35. The molecule has 0 aromatic rings. The molecular weight excluding hydrogens is 508 g/mol. The Morgan fingerprint density at radius 3 is 1.79 bits per heavy atom. The van der Waals surface area contributed by atoms with Gasteiger partial charge in [-0.05, 0) is 50.3 Å². The molecule has 6 heteroatoms. The molecule has 226 valence electrons. The summed E-state index contributed by atoms with van der Waals surface area (Å²) in [4.78, 5) is 14.7. The minimum Gasteiger partial charge on any atom is -0.448 e. The highest BCUT2D eigenvalue weighted by Gasteiger charge is 2.14. The summed E-state index contributed by atoms with van der Waals surface area (Å²) in [5.41, 5.74) is 0. The maximum Gasteiger partial charge on any atom is 0.407 e. The van der Waals surface area contributed by atoms with E-state index in [1.54, 1.807) is 0 Å². The van der Waals surface area contributed by atoms with Gasteiger partial charge in [-0.2, -0.15) is 23.5 Å². The van der Waals surface area contributed by atoms with Crippen LogP contribution in [-0.4, -0.2) is 66.3 Å². The Bertz CT molecular complexity index is 504. The molecule has 0 aromatic heterocycles. The van der Waals surface area contributed by atoms with Crippen LogP contribution in [0.5, 0.6) is 0 Å². The van der Waals surface area contributed by atoms with Crippen molar-refractivity contribution in [3.63, 3.8) is 0 Å². The summed E-state index contributed by atoms with van der Waals surface area (Å²) in [7, 11) is 0. The van der Waals surface area contributed by atoms with Crippen LogP contribution in [0.1, 0.15) is 142 Å². The number of carbonyl (C=O) groups excluding carboxylic acids is 1. The second-order valence-corrected chi connectivity index (χ2v) is 13.9. The second kappa shape index (κ2) is 28.5. The third-order valence-corrected chi connectivity index (χ3v) is 10.3. The number of alkyl carbamates (subject to hydrolysis) is 1. The molecule has 1 aliphatic rings. The van der Waals surface area contributed by atoms with Gasteiger partial charge in [0.15, 0.2) is 0 Å². The van der Waals surface area contributed by atoms with Gasteiger partial charge >= 0.3 is 6.09 Å². The molecule has 1 amide bonds. The average molecular weight is 573 g/mol. The van der Waals surface area contributed by atoms with E-state index in [2.05, 4.69) is 35.8 Å². The fourth-order valence-electron chi connectivity index (χ4n) is 5.08. The topological polar surface area (TPSA) is 41.6 Å². The van der Waals surface area contributed by atoms with Gasteiger partial charge in [0.05, 0.1) is 0 Å². The normalized spacial score (nSPS) is 14.7. The summed E-state index contributed by atoms with van der Waals surface area (Å²) in [5.74, 6) is 3.53. The van der Waals surface area contributed by atoms with Gasteiger partial charge in [0, 0.05) is 24.1 Å². The van der Waals surface area contributed by atoms with Crippen molar-refractivity contribution in [1.82, 2.24) is 10.2 Å². The van der Waals surface area contributed by atoms with Crippen molar-refractivity contribution in [3.05, 3.63) is 0 Å². The largest absolute Gasteiger partial charge is 0.448 e. The van der Waals surface area contributed by atoms with Crippen LogP contribution in [0.15, 0.2) is 0 Å². The molecule has 4 nitrogen and oxygen atoms in total. The number of carbonyl (C=O) groups is 1. The standard InChI is InChI=1S/C32H64N2O2S2/c1-3-5-7-9-11-13-15-17-21-27-37-30-31(38-28-22-18-16-14-12-10-8-6-4-2)29-36-32(35)33-23-26-34-24-19-20-25-34/h31H,3-30H2,1-2H3,(H,33,35). The monoisotopic (exact) mass is 572 g/mol. The molecule has 0 bridgehead atoms. The molecule has 0 aliphatic carbocycles.